The van der Waals surface area contributed by atoms with E-state index in [9.17, 15) is 18.0 Å². The Morgan fingerprint density at radius 3 is 2.43 bits per heavy atom. The van der Waals surface area contributed by atoms with Crippen molar-refractivity contribution in [3.8, 4) is 0 Å². The lowest BCUT2D eigenvalue weighted by atomic mass is 10.2. The summed E-state index contributed by atoms with van der Waals surface area (Å²) in [5, 5.41) is 0. The number of H-pyrrole nitrogens is 1. The first-order valence-electron chi connectivity index (χ1n) is 6.09. The molecule has 1 aromatic heterocycles. The van der Waals surface area contributed by atoms with E-state index in [0.717, 1.165) is 4.90 Å². The molecule has 2 rings (SSSR count). The second-order valence-corrected chi connectivity index (χ2v) is 5.41. The zero-order valence-corrected chi connectivity index (χ0v) is 12.4. The van der Waals surface area contributed by atoms with E-state index in [-0.39, 0.29) is 12.2 Å². The Bertz CT molecular complexity index is 610. The molecule has 0 saturated carbocycles. The first-order chi connectivity index (χ1) is 9.85. The Balaban J connectivity index is 2.21. The number of amides is 1. The summed E-state index contributed by atoms with van der Waals surface area (Å²) in [6.07, 6.45) is -2.95. The fourth-order valence-electron chi connectivity index (χ4n) is 1.88. The molecule has 0 bridgehead atoms. The highest BCUT2D eigenvalue weighted by Crippen LogP contribution is 2.21. The Labute approximate surface area is 127 Å². The quantitative estimate of drug-likeness (QED) is 0.879. The second-order valence-electron chi connectivity index (χ2n) is 4.49. The van der Waals surface area contributed by atoms with Crippen LogP contribution in [0.15, 0.2) is 47.1 Å². The van der Waals surface area contributed by atoms with Crippen molar-refractivity contribution in [2.45, 2.75) is 12.7 Å². The van der Waals surface area contributed by atoms with Gasteiger partial charge in [0.25, 0.3) is 5.91 Å². The molecule has 0 aliphatic carbocycles. The summed E-state index contributed by atoms with van der Waals surface area (Å²) in [4.78, 5) is 15.6. The summed E-state index contributed by atoms with van der Waals surface area (Å²) in [6.45, 7) is -1.40. The number of halogens is 4. The molecule has 0 spiro atoms. The number of nitrogens with one attached hydrogen (secondary N) is 1. The van der Waals surface area contributed by atoms with Crippen molar-refractivity contribution in [3.63, 3.8) is 0 Å². The number of alkyl halides is 3. The van der Waals surface area contributed by atoms with Crippen LogP contribution in [-0.2, 0) is 6.54 Å². The lowest BCUT2D eigenvalue weighted by molar-refractivity contribution is -0.141. The van der Waals surface area contributed by atoms with Gasteiger partial charge < -0.3 is 9.88 Å². The number of carbonyl (C=O) groups excluding carboxylic acids is 1. The lowest BCUT2D eigenvalue weighted by Crippen LogP contribution is -2.38. The van der Waals surface area contributed by atoms with Crippen molar-refractivity contribution < 1.29 is 18.0 Å². The van der Waals surface area contributed by atoms with Gasteiger partial charge in [-0.25, -0.2) is 0 Å². The largest absolute Gasteiger partial charge is 0.406 e. The molecule has 112 valence electrons. The molecule has 3 nitrogen and oxygen atoms in total. The fourth-order valence-corrected chi connectivity index (χ4v) is 2.22. The van der Waals surface area contributed by atoms with Gasteiger partial charge in [0.2, 0.25) is 0 Å². The lowest BCUT2D eigenvalue weighted by Gasteiger charge is -2.23. The summed E-state index contributed by atoms with van der Waals surface area (Å²) in [7, 11) is 0. The second kappa shape index (κ2) is 6.34. The molecule has 2 aromatic rings. The van der Waals surface area contributed by atoms with Crippen molar-refractivity contribution in [2.75, 3.05) is 6.54 Å². The molecule has 0 saturated heterocycles. The normalized spacial score (nSPS) is 11.4. The molecule has 0 unspecified atom stereocenters. The van der Waals surface area contributed by atoms with Crippen LogP contribution in [0, 0.1) is 0 Å². The number of aromatic amines is 1. The van der Waals surface area contributed by atoms with Gasteiger partial charge in [0.1, 0.15) is 12.2 Å². The van der Waals surface area contributed by atoms with E-state index in [2.05, 4.69) is 20.9 Å². The van der Waals surface area contributed by atoms with Gasteiger partial charge in [0.05, 0.1) is 0 Å². The highest BCUT2D eigenvalue weighted by atomic mass is 79.9. The van der Waals surface area contributed by atoms with Crippen molar-refractivity contribution in [2.24, 2.45) is 0 Å². The number of hydrogen-bond donors (Lipinski definition) is 1. The summed E-state index contributed by atoms with van der Waals surface area (Å²) in [5.74, 6) is -0.693. The Hall–Kier alpha value is -1.76. The van der Waals surface area contributed by atoms with Gasteiger partial charge in [0.15, 0.2) is 0 Å². The number of carbonyl (C=O) groups is 1. The minimum Gasteiger partial charge on any atom is -0.356 e. The molecule has 0 aliphatic heterocycles. The van der Waals surface area contributed by atoms with Crippen molar-refractivity contribution in [1.29, 1.82) is 0 Å². The van der Waals surface area contributed by atoms with Gasteiger partial charge in [-0.1, -0.05) is 30.3 Å². The van der Waals surface area contributed by atoms with Crippen LogP contribution in [0.1, 0.15) is 16.1 Å². The molecule has 0 fully saturated rings. The molecular weight excluding hydrogens is 349 g/mol. The van der Waals surface area contributed by atoms with Crippen LogP contribution in [-0.4, -0.2) is 28.5 Å². The van der Waals surface area contributed by atoms with E-state index >= 15 is 0 Å². The molecule has 21 heavy (non-hydrogen) atoms. The summed E-state index contributed by atoms with van der Waals surface area (Å²) in [6, 6.07) is 10.0. The van der Waals surface area contributed by atoms with Gasteiger partial charge in [0, 0.05) is 17.2 Å². The van der Waals surface area contributed by atoms with Gasteiger partial charge >= 0.3 is 6.18 Å². The summed E-state index contributed by atoms with van der Waals surface area (Å²) < 4.78 is 38.6. The van der Waals surface area contributed by atoms with Crippen LogP contribution >= 0.6 is 15.9 Å². The average Bonchev–Trinajstić information content (AvgIpc) is 2.83. The molecule has 0 radical (unpaired) electrons. The van der Waals surface area contributed by atoms with Crippen molar-refractivity contribution >= 4 is 21.8 Å². The molecule has 7 heteroatoms. The van der Waals surface area contributed by atoms with Crippen LogP contribution in [0.25, 0.3) is 0 Å². The average molecular weight is 361 g/mol. The monoisotopic (exact) mass is 360 g/mol. The van der Waals surface area contributed by atoms with Crippen LogP contribution in [0.2, 0.25) is 0 Å². The first-order valence-corrected chi connectivity index (χ1v) is 6.88. The van der Waals surface area contributed by atoms with E-state index < -0.39 is 18.6 Å². The first kappa shape index (κ1) is 15.6. The molecule has 1 aromatic carbocycles. The third-order valence-electron chi connectivity index (χ3n) is 2.75. The van der Waals surface area contributed by atoms with Crippen molar-refractivity contribution in [3.05, 3.63) is 58.3 Å². The number of aromatic nitrogens is 1. The maximum atomic E-state index is 12.7. The number of hydrogen-bond acceptors (Lipinski definition) is 1. The number of rotatable bonds is 4. The molecule has 0 aliphatic rings. The zero-order valence-electron chi connectivity index (χ0n) is 10.8. The topological polar surface area (TPSA) is 36.1 Å². The van der Waals surface area contributed by atoms with Crippen LogP contribution < -0.4 is 0 Å². The highest BCUT2D eigenvalue weighted by molar-refractivity contribution is 9.10. The molecule has 1 N–H and O–H groups in total. The van der Waals surface area contributed by atoms with Gasteiger partial charge in [-0.15, -0.1) is 0 Å². The maximum absolute atomic E-state index is 12.7. The van der Waals surface area contributed by atoms with Gasteiger partial charge in [-0.2, -0.15) is 13.2 Å². The number of benzene rings is 1. The van der Waals surface area contributed by atoms with E-state index in [1.54, 1.807) is 30.3 Å². The van der Waals surface area contributed by atoms with Crippen LogP contribution in [0.5, 0.6) is 0 Å². The third-order valence-corrected chi connectivity index (χ3v) is 3.21. The summed E-state index contributed by atoms with van der Waals surface area (Å²) >= 11 is 3.15. The Morgan fingerprint density at radius 2 is 1.90 bits per heavy atom. The van der Waals surface area contributed by atoms with E-state index in [1.807, 2.05) is 0 Å². The fraction of sp³-hybridized carbons (Fsp3) is 0.214. The predicted octanol–water partition coefficient (Wildman–Crippen LogP) is 3.98. The zero-order chi connectivity index (χ0) is 15.5. The van der Waals surface area contributed by atoms with E-state index in [1.165, 1.54) is 12.3 Å². The minimum atomic E-state index is -4.45. The van der Waals surface area contributed by atoms with Gasteiger partial charge in [-0.3, -0.25) is 4.79 Å². The van der Waals surface area contributed by atoms with Crippen LogP contribution in [0.3, 0.4) is 0 Å². The van der Waals surface area contributed by atoms with Crippen molar-refractivity contribution in [1.82, 2.24) is 9.88 Å². The predicted molar refractivity (Wildman–Crippen MR) is 75.7 cm³/mol. The molecule has 1 heterocycles. The Kier molecular flexibility index (Phi) is 4.72. The molecular formula is C14H12BrF3N2O. The third kappa shape index (κ3) is 4.63. The SMILES string of the molecule is O=C(c1cc(Br)c[nH]1)N(Cc1ccccc1)CC(F)(F)F. The molecule has 0 atom stereocenters. The van der Waals surface area contributed by atoms with Crippen LogP contribution in [0.4, 0.5) is 13.2 Å². The maximum Gasteiger partial charge on any atom is 0.406 e. The highest BCUT2D eigenvalue weighted by Gasteiger charge is 2.33. The standard InChI is InChI=1S/C14H12BrF3N2O/c15-11-6-12(19-7-11)13(21)20(9-14(16,17)18)8-10-4-2-1-3-5-10/h1-7,19H,8-9H2. The Morgan fingerprint density at radius 1 is 1.24 bits per heavy atom. The smallest absolute Gasteiger partial charge is 0.356 e. The van der Waals surface area contributed by atoms with Gasteiger partial charge in [-0.05, 0) is 27.6 Å². The number of nitrogens with zero attached hydrogens (tertiary/aromatic N) is 1. The molecule has 1 amide bonds. The minimum absolute atomic E-state index is 0.101. The van der Waals surface area contributed by atoms with E-state index in [0.29, 0.717) is 10.0 Å². The summed E-state index contributed by atoms with van der Waals surface area (Å²) in [5.41, 5.74) is 0.753. The van der Waals surface area contributed by atoms with E-state index in [4.69, 9.17) is 0 Å².